The third-order valence-corrected chi connectivity index (χ3v) is 4.34. The SMILES string of the molecule is CC(C)OCCCN1C(=O)CCC1CCNCc1ccc(F)cc1. The Morgan fingerprint density at radius 2 is 2.08 bits per heavy atom. The molecule has 1 amide bonds. The van der Waals surface area contributed by atoms with Gasteiger partial charge in [-0.2, -0.15) is 0 Å². The maximum absolute atomic E-state index is 12.9. The summed E-state index contributed by atoms with van der Waals surface area (Å²) in [5, 5.41) is 3.38. The number of ether oxygens (including phenoxy) is 1. The number of carbonyl (C=O) groups is 1. The fourth-order valence-corrected chi connectivity index (χ4v) is 3.06. The van der Waals surface area contributed by atoms with Crippen LogP contribution in [0.3, 0.4) is 0 Å². The fourth-order valence-electron chi connectivity index (χ4n) is 3.06. The van der Waals surface area contributed by atoms with Gasteiger partial charge >= 0.3 is 0 Å². The third-order valence-electron chi connectivity index (χ3n) is 4.34. The van der Waals surface area contributed by atoms with Crippen LogP contribution in [0.1, 0.15) is 45.1 Å². The van der Waals surface area contributed by atoms with Crippen molar-refractivity contribution >= 4 is 5.91 Å². The van der Waals surface area contributed by atoms with Crippen molar-refractivity contribution in [3.8, 4) is 0 Å². The number of amides is 1. The smallest absolute Gasteiger partial charge is 0.222 e. The highest BCUT2D eigenvalue weighted by molar-refractivity contribution is 5.78. The Kier molecular flexibility index (Phi) is 7.66. The molecule has 24 heavy (non-hydrogen) atoms. The molecule has 1 aliphatic rings. The summed E-state index contributed by atoms with van der Waals surface area (Å²) in [6.07, 6.45) is 3.70. The van der Waals surface area contributed by atoms with E-state index in [9.17, 15) is 9.18 Å². The van der Waals surface area contributed by atoms with E-state index in [0.29, 0.717) is 19.1 Å². The first-order valence-corrected chi connectivity index (χ1v) is 8.92. The lowest BCUT2D eigenvalue weighted by Crippen LogP contribution is -2.36. The van der Waals surface area contributed by atoms with Gasteiger partial charge in [-0.05, 0) is 57.4 Å². The lowest BCUT2D eigenvalue weighted by molar-refractivity contribution is -0.129. The predicted octanol–water partition coefficient (Wildman–Crippen LogP) is 3.11. The highest BCUT2D eigenvalue weighted by Gasteiger charge is 2.29. The molecule has 4 nitrogen and oxygen atoms in total. The second-order valence-corrected chi connectivity index (χ2v) is 6.64. The lowest BCUT2D eigenvalue weighted by atomic mass is 10.1. The van der Waals surface area contributed by atoms with E-state index in [1.54, 1.807) is 12.1 Å². The molecule has 0 aromatic heterocycles. The van der Waals surface area contributed by atoms with Gasteiger partial charge in [-0.3, -0.25) is 4.79 Å². The van der Waals surface area contributed by atoms with Gasteiger partial charge in [0.1, 0.15) is 5.82 Å². The molecule has 1 unspecified atom stereocenters. The molecule has 1 N–H and O–H groups in total. The van der Waals surface area contributed by atoms with Gasteiger partial charge in [0, 0.05) is 32.2 Å². The van der Waals surface area contributed by atoms with E-state index >= 15 is 0 Å². The molecule has 1 aromatic carbocycles. The largest absolute Gasteiger partial charge is 0.379 e. The van der Waals surface area contributed by atoms with Crippen molar-refractivity contribution in [3.05, 3.63) is 35.6 Å². The molecule has 1 heterocycles. The first-order chi connectivity index (χ1) is 11.6. The van der Waals surface area contributed by atoms with Crippen molar-refractivity contribution in [3.63, 3.8) is 0 Å². The van der Waals surface area contributed by atoms with Gasteiger partial charge in [0.25, 0.3) is 0 Å². The number of halogens is 1. The molecule has 1 atom stereocenters. The molecule has 2 rings (SSSR count). The second kappa shape index (κ2) is 9.74. The standard InChI is InChI=1S/C19H29FN2O2/c1-15(2)24-13-3-12-22-18(8-9-19(22)23)10-11-21-14-16-4-6-17(20)7-5-16/h4-7,15,18,21H,3,8-14H2,1-2H3. The van der Waals surface area contributed by atoms with E-state index in [1.807, 2.05) is 18.7 Å². The van der Waals surface area contributed by atoms with Gasteiger partial charge < -0.3 is 15.0 Å². The number of benzene rings is 1. The molecular formula is C19H29FN2O2. The van der Waals surface area contributed by atoms with Gasteiger partial charge in [-0.25, -0.2) is 4.39 Å². The van der Waals surface area contributed by atoms with Crippen molar-refractivity contribution in [2.24, 2.45) is 0 Å². The Hall–Kier alpha value is -1.46. The highest BCUT2D eigenvalue weighted by atomic mass is 19.1. The summed E-state index contributed by atoms with van der Waals surface area (Å²) >= 11 is 0. The Labute approximate surface area is 144 Å². The van der Waals surface area contributed by atoms with E-state index in [1.165, 1.54) is 12.1 Å². The van der Waals surface area contributed by atoms with Crippen molar-refractivity contribution in [2.45, 2.75) is 58.2 Å². The van der Waals surface area contributed by atoms with E-state index in [0.717, 1.165) is 44.5 Å². The van der Waals surface area contributed by atoms with E-state index < -0.39 is 0 Å². The number of hydrogen-bond acceptors (Lipinski definition) is 3. The van der Waals surface area contributed by atoms with Crippen LogP contribution in [-0.2, 0) is 16.1 Å². The number of carbonyl (C=O) groups excluding carboxylic acids is 1. The molecule has 0 radical (unpaired) electrons. The lowest BCUT2D eigenvalue weighted by Gasteiger charge is -2.25. The average molecular weight is 336 g/mol. The van der Waals surface area contributed by atoms with Crippen molar-refractivity contribution in [1.82, 2.24) is 10.2 Å². The van der Waals surface area contributed by atoms with E-state index in [2.05, 4.69) is 5.32 Å². The number of nitrogens with one attached hydrogen (secondary N) is 1. The summed E-state index contributed by atoms with van der Waals surface area (Å²) < 4.78 is 18.4. The van der Waals surface area contributed by atoms with Gasteiger partial charge in [-0.1, -0.05) is 12.1 Å². The van der Waals surface area contributed by atoms with Crippen LogP contribution in [0, 0.1) is 5.82 Å². The van der Waals surface area contributed by atoms with E-state index in [4.69, 9.17) is 4.74 Å². The quantitative estimate of drug-likeness (QED) is 0.668. The van der Waals surface area contributed by atoms with E-state index in [-0.39, 0.29) is 17.8 Å². The van der Waals surface area contributed by atoms with Gasteiger partial charge in [0.15, 0.2) is 0 Å². The van der Waals surface area contributed by atoms with Gasteiger partial charge in [0.05, 0.1) is 6.10 Å². The molecule has 1 aliphatic heterocycles. The average Bonchev–Trinajstić information content (AvgIpc) is 2.90. The minimum atomic E-state index is -0.208. The summed E-state index contributed by atoms with van der Waals surface area (Å²) in [7, 11) is 0. The normalized spacial score (nSPS) is 17.9. The Morgan fingerprint density at radius 3 is 2.79 bits per heavy atom. The van der Waals surface area contributed by atoms with Crippen LogP contribution in [0.15, 0.2) is 24.3 Å². The summed E-state index contributed by atoms with van der Waals surface area (Å²) in [6, 6.07) is 6.88. The predicted molar refractivity (Wildman–Crippen MR) is 93.2 cm³/mol. The zero-order valence-corrected chi connectivity index (χ0v) is 14.8. The molecular weight excluding hydrogens is 307 g/mol. The number of likely N-dealkylation sites (tertiary alicyclic amines) is 1. The molecule has 0 aliphatic carbocycles. The van der Waals surface area contributed by atoms with Crippen LogP contribution >= 0.6 is 0 Å². The highest BCUT2D eigenvalue weighted by Crippen LogP contribution is 2.21. The minimum Gasteiger partial charge on any atom is -0.379 e. The summed E-state index contributed by atoms with van der Waals surface area (Å²) in [5.74, 6) is 0.0587. The monoisotopic (exact) mass is 336 g/mol. The van der Waals surface area contributed by atoms with Gasteiger partial charge in [0.2, 0.25) is 5.91 Å². The first-order valence-electron chi connectivity index (χ1n) is 8.92. The number of hydrogen-bond donors (Lipinski definition) is 1. The summed E-state index contributed by atoms with van der Waals surface area (Å²) in [6.45, 7) is 7.12. The molecule has 134 valence electrons. The molecule has 5 heteroatoms. The summed E-state index contributed by atoms with van der Waals surface area (Å²) in [4.78, 5) is 14.0. The van der Waals surface area contributed by atoms with Crippen LogP contribution in [0.2, 0.25) is 0 Å². The molecule has 1 saturated heterocycles. The van der Waals surface area contributed by atoms with Crippen LogP contribution in [0.25, 0.3) is 0 Å². The zero-order valence-electron chi connectivity index (χ0n) is 14.8. The number of nitrogens with zero attached hydrogens (tertiary/aromatic N) is 1. The molecule has 0 bridgehead atoms. The Bertz CT molecular complexity index is 505. The first kappa shape index (κ1) is 18.9. The Balaban J connectivity index is 1.66. The maximum atomic E-state index is 12.9. The van der Waals surface area contributed by atoms with Crippen molar-refractivity contribution < 1.29 is 13.9 Å². The third kappa shape index (κ3) is 6.21. The van der Waals surface area contributed by atoms with Crippen LogP contribution in [-0.4, -0.2) is 42.6 Å². The molecule has 1 aromatic rings. The van der Waals surface area contributed by atoms with Crippen molar-refractivity contribution in [1.29, 1.82) is 0 Å². The maximum Gasteiger partial charge on any atom is 0.222 e. The number of rotatable bonds is 10. The minimum absolute atomic E-state index is 0.208. The fraction of sp³-hybridized carbons (Fsp3) is 0.632. The Morgan fingerprint density at radius 1 is 1.33 bits per heavy atom. The van der Waals surface area contributed by atoms with Crippen molar-refractivity contribution in [2.75, 3.05) is 19.7 Å². The van der Waals surface area contributed by atoms with Crippen LogP contribution < -0.4 is 5.32 Å². The van der Waals surface area contributed by atoms with Crippen LogP contribution in [0.4, 0.5) is 4.39 Å². The molecule has 1 fully saturated rings. The second-order valence-electron chi connectivity index (χ2n) is 6.64. The molecule has 0 spiro atoms. The summed E-state index contributed by atoms with van der Waals surface area (Å²) in [5.41, 5.74) is 1.07. The van der Waals surface area contributed by atoms with Gasteiger partial charge in [-0.15, -0.1) is 0 Å². The van der Waals surface area contributed by atoms with Crippen LogP contribution in [0.5, 0.6) is 0 Å². The molecule has 0 saturated carbocycles. The zero-order chi connectivity index (χ0) is 17.4. The topological polar surface area (TPSA) is 41.6 Å².